The Balaban J connectivity index is 1.44. The van der Waals surface area contributed by atoms with Crippen molar-refractivity contribution in [1.82, 2.24) is 24.4 Å². The third kappa shape index (κ3) is 3.39. The average Bonchev–Trinajstić information content (AvgIpc) is 3.23. The first-order chi connectivity index (χ1) is 12.7. The lowest BCUT2D eigenvalue weighted by molar-refractivity contribution is 0.0746. The van der Waals surface area contributed by atoms with Crippen LogP contribution in [0.25, 0.3) is 5.82 Å². The zero-order valence-corrected chi connectivity index (χ0v) is 14.8. The number of rotatable bonds is 3. The molecule has 26 heavy (non-hydrogen) atoms. The third-order valence-corrected chi connectivity index (χ3v) is 4.60. The zero-order valence-electron chi connectivity index (χ0n) is 14.0. The van der Waals surface area contributed by atoms with Crippen LogP contribution in [-0.4, -0.2) is 56.5 Å². The Morgan fingerprint density at radius 2 is 1.85 bits per heavy atom. The molecule has 0 N–H and O–H groups in total. The molecule has 3 heterocycles. The lowest BCUT2D eigenvalue weighted by Gasteiger charge is -2.35. The van der Waals surface area contributed by atoms with Crippen molar-refractivity contribution in [2.75, 3.05) is 31.1 Å². The number of carbonyl (C=O) groups excluding carboxylic acids is 1. The van der Waals surface area contributed by atoms with Crippen molar-refractivity contribution < 1.29 is 4.79 Å². The van der Waals surface area contributed by atoms with Crippen LogP contribution >= 0.6 is 11.6 Å². The van der Waals surface area contributed by atoms with Crippen LogP contribution in [0.1, 0.15) is 10.4 Å². The SMILES string of the molecule is O=C(c1cccc(Cl)c1)N1CCN(c2cc(-n3ccnc3)ncn2)CC1. The van der Waals surface area contributed by atoms with Crippen LogP contribution in [0.3, 0.4) is 0 Å². The van der Waals surface area contributed by atoms with Gasteiger partial charge in [-0.05, 0) is 18.2 Å². The number of amides is 1. The second-order valence-corrected chi connectivity index (χ2v) is 6.43. The fourth-order valence-electron chi connectivity index (χ4n) is 2.99. The van der Waals surface area contributed by atoms with Crippen molar-refractivity contribution in [2.45, 2.75) is 0 Å². The van der Waals surface area contributed by atoms with E-state index in [1.165, 1.54) is 0 Å². The number of anilines is 1. The molecule has 1 aromatic carbocycles. The summed E-state index contributed by atoms with van der Waals surface area (Å²) >= 11 is 5.99. The van der Waals surface area contributed by atoms with E-state index in [1.54, 1.807) is 43.1 Å². The lowest BCUT2D eigenvalue weighted by Crippen LogP contribution is -2.49. The summed E-state index contributed by atoms with van der Waals surface area (Å²) in [6.07, 6.45) is 6.80. The van der Waals surface area contributed by atoms with Crippen molar-refractivity contribution in [3.8, 4) is 5.82 Å². The maximum Gasteiger partial charge on any atom is 0.254 e. The van der Waals surface area contributed by atoms with Crippen LogP contribution in [0.4, 0.5) is 5.82 Å². The largest absolute Gasteiger partial charge is 0.353 e. The Hall–Kier alpha value is -2.93. The average molecular weight is 369 g/mol. The van der Waals surface area contributed by atoms with Gasteiger partial charge in [-0.2, -0.15) is 0 Å². The molecule has 1 saturated heterocycles. The first kappa shape index (κ1) is 16.5. The molecule has 0 radical (unpaired) electrons. The van der Waals surface area contributed by atoms with Gasteiger partial charge in [0.15, 0.2) is 0 Å². The summed E-state index contributed by atoms with van der Waals surface area (Å²) in [5.74, 6) is 1.62. The van der Waals surface area contributed by atoms with E-state index in [4.69, 9.17) is 11.6 Å². The molecule has 0 unspecified atom stereocenters. The van der Waals surface area contributed by atoms with Gasteiger partial charge in [0.2, 0.25) is 0 Å². The molecular formula is C18H17ClN6O. The molecule has 1 aliphatic heterocycles. The van der Waals surface area contributed by atoms with Gasteiger partial charge in [0, 0.05) is 55.2 Å². The van der Waals surface area contributed by atoms with E-state index in [9.17, 15) is 4.79 Å². The topological polar surface area (TPSA) is 67.2 Å². The summed E-state index contributed by atoms with van der Waals surface area (Å²) < 4.78 is 1.84. The van der Waals surface area contributed by atoms with E-state index in [2.05, 4.69) is 19.9 Å². The number of halogens is 1. The monoisotopic (exact) mass is 368 g/mol. The maximum absolute atomic E-state index is 12.6. The van der Waals surface area contributed by atoms with Gasteiger partial charge in [0.25, 0.3) is 5.91 Å². The molecule has 0 aliphatic carbocycles. The molecule has 3 aromatic rings. The highest BCUT2D eigenvalue weighted by Crippen LogP contribution is 2.18. The molecule has 132 valence electrons. The second-order valence-electron chi connectivity index (χ2n) is 5.99. The van der Waals surface area contributed by atoms with Crippen LogP contribution in [0.2, 0.25) is 5.02 Å². The van der Waals surface area contributed by atoms with Gasteiger partial charge >= 0.3 is 0 Å². The van der Waals surface area contributed by atoms with Gasteiger partial charge in [-0.1, -0.05) is 17.7 Å². The highest BCUT2D eigenvalue weighted by atomic mass is 35.5. The van der Waals surface area contributed by atoms with Crippen molar-refractivity contribution in [1.29, 1.82) is 0 Å². The number of hydrogen-bond acceptors (Lipinski definition) is 5. The predicted molar refractivity (Wildman–Crippen MR) is 98.7 cm³/mol. The molecule has 0 atom stereocenters. The van der Waals surface area contributed by atoms with Gasteiger partial charge in [-0.25, -0.2) is 15.0 Å². The Kier molecular flexibility index (Phi) is 4.53. The van der Waals surface area contributed by atoms with E-state index < -0.39 is 0 Å². The van der Waals surface area contributed by atoms with Gasteiger partial charge in [-0.15, -0.1) is 0 Å². The molecule has 0 spiro atoms. The molecule has 1 amide bonds. The Morgan fingerprint density at radius 3 is 2.58 bits per heavy atom. The van der Waals surface area contributed by atoms with Crippen LogP contribution in [0.15, 0.2) is 55.4 Å². The van der Waals surface area contributed by atoms with Crippen molar-refractivity contribution in [2.24, 2.45) is 0 Å². The van der Waals surface area contributed by atoms with Crippen LogP contribution in [0.5, 0.6) is 0 Å². The summed E-state index contributed by atoms with van der Waals surface area (Å²) in [7, 11) is 0. The molecule has 4 rings (SSSR count). The smallest absolute Gasteiger partial charge is 0.254 e. The van der Waals surface area contributed by atoms with E-state index >= 15 is 0 Å². The predicted octanol–water partition coefficient (Wildman–Crippen LogP) is 2.28. The van der Waals surface area contributed by atoms with Crippen LogP contribution in [0, 0.1) is 0 Å². The van der Waals surface area contributed by atoms with E-state index in [0.29, 0.717) is 36.8 Å². The molecule has 0 saturated carbocycles. The maximum atomic E-state index is 12.6. The zero-order chi connectivity index (χ0) is 17.9. The van der Waals surface area contributed by atoms with Gasteiger partial charge in [0.1, 0.15) is 24.3 Å². The van der Waals surface area contributed by atoms with E-state index in [1.807, 2.05) is 21.7 Å². The normalized spacial score (nSPS) is 14.5. The third-order valence-electron chi connectivity index (χ3n) is 4.37. The van der Waals surface area contributed by atoms with E-state index in [-0.39, 0.29) is 5.91 Å². The Morgan fingerprint density at radius 1 is 1.04 bits per heavy atom. The highest BCUT2D eigenvalue weighted by molar-refractivity contribution is 6.30. The van der Waals surface area contributed by atoms with E-state index in [0.717, 1.165) is 11.6 Å². The molecular weight excluding hydrogens is 352 g/mol. The fourth-order valence-corrected chi connectivity index (χ4v) is 3.18. The number of piperazine rings is 1. The minimum absolute atomic E-state index is 0.00828. The summed E-state index contributed by atoms with van der Waals surface area (Å²) in [5.41, 5.74) is 0.621. The van der Waals surface area contributed by atoms with Gasteiger partial charge in [0.05, 0.1) is 0 Å². The number of carbonyl (C=O) groups is 1. The standard InChI is InChI=1S/C18H17ClN6O/c19-15-3-1-2-14(10-15)18(26)24-8-6-23(7-9-24)16-11-17(22-12-21-16)25-5-4-20-13-25/h1-5,10-13H,6-9H2. The number of hydrogen-bond donors (Lipinski definition) is 0. The van der Waals surface area contributed by atoms with Gasteiger partial charge in [-0.3, -0.25) is 9.36 Å². The summed E-state index contributed by atoms with van der Waals surface area (Å²) in [6, 6.07) is 8.99. The van der Waals surface area contributed by atoms with Crippen molar-refractivity contribution in [3.05, 3.63) is 66.0 Å². The van der Waals surface area contributed by atoms with Crippen LogP contribution in [-0.2, 0) is 0 Å². The number of nitrogens with zero attached hydrogens (tertiary/aromatic N) is 6. The molecule has 0 bridgehead atoms. The Labute approximate surface area is 155 Å². The minimum atomic E-state index is 0.00828. The second kappa shape index (κ2) is 7.13. The number of aromatic nitrogens is 4. The van der Waals surface area contributed by atoms with Crippen molar-refractivity contribution in [3.63, 3.8) is 0 Å². The minimum Gasteiger partial charge on any atom is -0.353 e. The fraction of sp³-hybridized carbons (Fsp3) is 0.222. The summed E-state index contributed by atoms with van der Waals surface area (Å²) in [4.78, 5) is 29.3. The number of imidazole rings is 1. The lowest BCUT2D eigenvalue weighted by atomic mass is 10.2. The Bertz CT molecular complexity index is 906. The van der Waals surface area contributed by atoms with Gasteiger partial charge < -0.3 is 9.80 Å². The van der Waals surface area contributed by atoms with Crippen LogP contribution < -0.4 is 4.90 Å². The number of benzene rings is 1. The molecule has 1 fully saturated rings. The first-order valence-corrected chi connectivity index (χ1v) is 8.69. The molecule has 8 heteroatoms. The summed E-state index contributed by atoms with van der Waals surface area (Å²) in [6.45, 7) is 2.70. The molecule has 7 nitrogen and oxygen atoms in total. The quantitative estimate of drug-likeness (QED) is 0.709. The molecule has 2 aromatic heterocycles. The first-order valence-electron chi connectivity index (χ1n) is 8.31. The highest BCUT2D eigenvalue weighted by Gasteiger charge is 2.23. The van der Waals surface area contributed by atoms with Crippen molar-refractivity contribution >= 4 is 23.3 Å². The summed E-state index contributed by atoms with van der Waals surface area (Å²) in [5, 5.41) is 0.572. The molecule has 1 aliphatic rings.